The maximum absolute atomic E-state index is 16.1. The maximum Gasteiger partial charge on any atom is 0.333 e. The molecule has 81 heavy (non-hydrogen) atoms. The molecule has 9 rings (SSSR count). The third-order valence-electron chi connectivity index (χ3n) is 16.9. The van der Waals surface area contributed by atoms with Gasteiger partial charge in [-0.05, 0) is 137 Å². The van der Waals surface area contributed by atoms with Gasteiger partial charge >= 0.3 is 5.97 Å². The second kappa shape index (κ2) is 24.5. The number of carbonyl (C=O) groups excluding carboxylic acids is 5. The summed E-state index contributed by atoms with van der Waals surface area (Å²) in [7, 11) is 0. The number of aliphatic hydroxyl groups excluding tert-OH is 4. The zero-order valence-electron chi connectivity index (χ0n) is 49.0. The van der Waals surface area contributed by atoms with E-state index < -0.39 is 95.3 Å². The zero-order valence-corrected chi connectivity index (χ0v) is 49.0. The van der Waals surface area contributed by atoms with Crippen molar-refractivity contribution in [2.24, 2.45) is 11.8 Å². The number of unbranched alkanes of at least 4 members (excludes halogenated alkanes) is 4. The summed E-state index contributed by atoms with van der Waals surface area (Å²) < 4.78 is 39.4. The molecule has 2 amide bonds. The van der Waals surface area contributed by atoms with Crippen LogP contribution < -0.4 is 24.3 Å². The van der Waals surface area contributed by atoms with Crippen LogP contribution in [0.2, 0.25) is 0 Å². The van der Waals surface area contributed by atoms with Gasteiger partial charge in [-0.15, -0.1) is 0 Å². The first-order valence-electron chi connectivity index (χ1n) is 29.0. The Morgan fingerprint density at radius 3 is 2.16 bits per heavy atom. The minimum atomic E-state index is -1.73. The Hall–Kier alpha value is -5.95. The lowest BCUT2D eigenvalue weighted by Crippen LogP contribution is -2.72. The molecule has 17 nitrogen and oxygen atoms in total. The summed E-state index contributed by atoms with van der Waals surface area (Å²) in [5, 5.41) is 43.2. The molecule has 2 aromatic rings. The number of hydrogen-bond donors (Lipinski definition) is 5. The number of ether oxygens (including phenoxy) is 6. The first-order chi connectivity index (χ1) is 38.4. The molecule has 11 atom stereocenters. The molecule has 1 saturated carbocycles. The zero-order chi connectivity index (χ0) is 58.9. The summed E-state index contributed by atoms with van der Waals surface area (Å²) in [5.41, 5.74) is -1.52. The second-order valence-corrected chi connectivity index (χ2v) is 24.1. The molecule has 3 aliphatic carbocycles. The molecule has 3 fully saturated rings. The van der Waals surface area contributed by atoms with Crippen molar-refractivity contribution in [1.29, 1.82) is 0 Å². The summed E-state index contributed by atoms with van der Waals surface area (Å²) in [6.45, 7) is 21.9. The summed E-state index contributed by atoms with van der Waals surface area (Å²) in [5.74, 6) is -3.22. The van der Waals surface area contributed by atoms with Crippen LogP contribution in [0.1, 0.15) is 172 Å². The normalized spacial score (nSPS) is 28.8. The van der Waals surface area contributed by atoms with Crippen molar-refractivity contribution < 1.29 is 72.8 Å². The van der Waals surface area contributed by atoms with Crippen LogP contribution in [0.4, 0.5) is 0 Å². The van der Waals surface area contributed by atoms with Crippen molar-refractivity contribution in [3.8, 4) is 23.0 Å². The number of fused-ring (bicyclic) bond motifs is 2. The molecule has 0 radical (unpaired) electrons. The van der Waals surface area contributed by atoms with E-state index in [1.807, 2.05) is 71.6 Å². The fourth-order valence-corrected chi connectivity index (χ4v) is 12.4. The van der Waals surface area contributed by atoms with Gasteiger partial charge in [0.1, 0.15) is 58.9 Å². The molecule has 4 aliphatic heterocycles. The van der Waals surface area contributed by atoms with Gasteiger partial charge in [0.05, 0.1) is 17.8 Å². The van der Waals surface area contributed by atoms with Crippen LogP contribution in [0, 0.1) is 11.8 Å². The number of nitrogens with one attached hydrogen (secondary N) is 1. The highest BCUT2D eigenvalue weighted by Gasteiger charge is 2.81. The standard InChI is InChI=1S/C64H84N2O15/c1-12-14-16-31-66(32-17-15-13-2)58(74)38(7)26-30-63-56(72)41-33-45-49(68)48-54(78-59(75)39(8)65-57(73)40-21-23-42(24-22-40)76-60-52(71)51(70)50(69)46(35-67)77-60)44-27-29-62(11,28-18-19-36(3)4)79-53(44)43(25-20-37(5)6)55(48)80-64(45,63)47(34-41)61(9,10)81-63/h19-24,26-27,29,33,39,41,46-47,50-52,60,67,69-71H,12-18,25,28,30-32,34-35H2,1-11H3,(H,65,73)/b38-26-/t39?,41?,46-,47?,50-,51-,52-,60-,62?,63?,64?/m1/s1. The van der Waals surface area contributed by atoms with Crippen molar-refractivity contribution in [3.63, 3.8) is 0 Å². The maximum atomic E-state index is 16.1. The van der Waals surface area contributed by atoms with E-state index in [2.05, 4.69) is 25.2 Å². The second-order valence-electron chi connectivity index (χ2n) is 24.1. The van der Waals surface area contributed by atoms with E-state index in [1.54, 1.807) is 19.1 Å². The molecule has 7 aliphatic rings. The molecule has 4 bridgehead atoms. The largest absolute Gasteiger partial charge is 0.482 e. The quantitative estimate of drug-likeness (QED) is 0.0230. The van der Waals surface area contributed by atoms with Crippen LogP contribution in [0.15, 0.2) is 76.9 Å². The molecule has 2 saturated heterocycles. The number of allylic oxidation sites excluding steroid dienone is 5. The Morgan fingerprint density at radius 2 is 1.53 bits per heavy atom. The number of Topliss-reactive ketones (excluding diaryl/α,β-unsaturated/α-hetero) is 2. The first kappa shape index (κ1) is 61.1. The van der Waals surface area contributed by atoms with Gasteiger partial charge in [0.25, 0.3) is 5.91 Å². The highest BCUT2D eigenvalue weighted by Crippen LogP contribution is 2.69. The van der Waals surface area contributed by atoms with Crippen LogP contribution in [0.25, 0.3) is 6.08 Å². The molecule has 17 heteroatoms. The number of benzene rings is 2. The third kappa shape index (κ3) is 11.7. The first-order valence-corrected chi connectivity index (χ1v) is 29.0. The number of hydrogen-bond acceptors (Lipinski definition) is 15. The smallest absolute Gasteiger partial charge is 0.333 e. The van der Waals surface area contributed by atoms with E-state index in [9.17, 15) is 34.8 Å². The van der Waals surface area contributed by atoms with Gasteiger partial charge in [0.15, 0.2) is 28.5 Å². The lowest BCUT2D eigenvalue weighted by molar-refractivity contribution is -0.277. The Labute approximate surface area is 476 Å². The molecule has 6 unspecified atom stereocenters. The molecule has 1 spiro atoms. The van der Waals surface area contributed by atoms with Crippen molar-refractivity contribution in [3.05, 3.63) is 99.2 Å². The fourth-order valence-electron chi connectivity index (χ4n) is 12.4. The number of amides is 2. The van der Waals surface area contributed by atoms with Crippen LogP contribution in [-0.2, 0) is 30.3 Å². The molecular formula is C64H84N2O15. The van der Waals surface area contributed by atoms with Gasteiger partial charge in [0.2, 0.25) is 12.2 Å². The Bertz CT molecular complexity index is 2900. The van der Waals surface area contributed by atoms with E-state index in [-0.39, 0.29) is 58.5 Å². The van der Waals surface area contributed by atoms with Gasteiger partial charge in [-0.1, -0.05) is 75.0 Å². The van der Waals surface area contributed by atoms with Crippen molar-refractivity contribution in [2.75, 3.05) is 19.7 Å². The summed E-state index contributed by atoms with van der Waals surface area (Å²) in [4.78, 5) is 76.0. The molecule has 5 N–H and O–H groups in total. The number of ketones is 2. The van der Waals surface area contributed by atoms with Crippen molar-refractivity contribution >= 4 is 35.4 Å². The van der Waals surface area contributed by atoms with Crippen LogP contribution in [0.3, 0.4) is 0 Å². The Morgan fingerprint density at radius 1 is 0.864 bits per heavy atom. The number of rotatable bonds is 23. The van der Waals surface area contributed by atoms with Gasteiger partial charge in [-0.25, -0.2) is 4.79 Å². The predicted molar refractivity (Wildman–Crippen MR) is 304 cm³/mol. The van der Waals surface area contributed by atoms with E-state index in [4.69, 9.17) is 28.4 Å². The summed E-state index contributed by atoms with van der Waals surface area (Å²) >= 11 is 0. The highest BCUT2D eigenvalue weighted by atomic mass is 16.7. The van der Waals surface area contributed by atoms with Gasteiger partial charge in [-0.2, -0.15) is 0 Å². The minimum absolute atomic E-state index is 0.0323. The van der Waals surface area contributed by atoms with Crippen LogP contribution in [-0.4, -0.2) is 134 Å². The third-order valence-corrected chi connectivity index (χ3v) is 16.9. The van der Waals surface area contributed by atoms with Crippen molar-refractivity contribution in [1.82, 2.24) is 10.2 Å². The number of nitrogens with zero attached hydrogens (tertiary/aromatic N) is 1. The number of aliphatic hydroxyl groups is 4. The van der Waals surface area contributed by atoms with E-state index >= 15 is 9.59 Å². The van der Waals surface area contributed by atoms with Gasteiger partial charge < -0.3 is 59.1 Å². The monoisotopic (exact) mass is 1120 g/mol. The Balaban J connectivity index is 1.18. The van der Waals surface area contributed by atoms with Gasteiger partial charge in [0, 0.05) is 53.6 Å². The molecular weight excluding hydrogens is 1040 g/mol. The topological polar surface area (TPSA) is 237 Å². The highest BCUT2D eigenvalue weighted by molar-refractivity contribution is 6.19. The van der Waals surface area contributed by atoms with Gasteiger partial charge in [-0.3, -0.25) is 19.2 Å². The Kier molecular flexibility index (Phi) is 18.5. The number of carbonyl (C=O) groups is 5. The molecule has 440 valence electrons. The lowest BCUT2D eigenvalue weighted by Gasteiger charge is -2.56. The lowest BCUT2D eigenvalue weighted by atomic mass is 9.51. The SMILES string of the molecule is CCCCCN(CCCCC)C(=O)/C(C)=C\CC12OC(C)(C)C3CC(C=C4C(=O)c5c(OC(=O)C(C)NC(=O)c6ccc(O[C@@H]7O[C@H](CO)[C@@H](O)[C@@H](O)[C@H]7O)cc6)c6c(c(CC=C(C)C)c5OC431)OC(C)(CCC=C(C)C)C=C6)C2=O. The van der Waals surface area contributed by atoms with Crippen LogP contribution in [0.5, 0.6) is 23.0 Å². The van der Waals surface area contributed by atoms with E-state index in [0.717, 1.165) is 49.7 Å². The molecule has 2 aromatic carbocycles. The number of esters is 1. The summed E-state index contributed by atoms with van der Waals surface area (Å²) in [6, 6.07) is 4.33. The van der Waals surface area contributed by atoms with E-state index in [0.29, 0.717) is 54.8 Å². The van der Waals surface area contributed by atoms with Crippen LogP contribution >= 0.6 is 0 Å². The molecule has 0 aromatic heterocycles. The van der Waals surface area contributed by atoms with Crippen molar-refractivity contribution in [2.45, 2.75) is 206 Å². The fraction of sp³-hybridized carbons (Fsp3) is 0.578. The minimum Gasteiger partial charge on any atom is -0.482 e. The summed E-state index contributed by atoms with van der Waals surface area (Å²) in [6.07, 6.45) is 11.4. The predicted octanol–water partition coefficient (Wildman–Crippen LogP) is 8.56. The average Bonchev–Trinajstić information content (AvgIpc) is 3.73. The average molecular weight is 1120 g/mol. The van der Waals surface area contributed by atoms with E-state index in [1.165, 1.54) is 31.2 Å². The molecule has 4 heterocycles.